The number of piperidine rings is 1. The van der Waals surface area contributed by atoms with Gasteiger partial charge in [-0.2, -0.15) is 17.0 Å². The Morgan fingerprint density at radius 1 is 1.17 bits per heavy atom. The quantitative estimate of drug-likeness (QED) is 0.654. The molecule has 2 fully saturated rings. The molecule has 1 aliphatic heterocycles. The predicted molar refractivity (Wildman–Crippen MR) is 92.7 cm³/mol. The molecule has 1 heterocycles. The van der Waals surface area contributed by atoms with E-state index in [1.54, 1.807) is 0 Å². The van der Waals surface area contributed by atoms with Gasteiger partial charge in [0.1, 0.15) is 0 Å². The summed E-state index contributed by atoms with van der Waals surface area (Å²) in [5.41, 5.74) is 0. The second-order valence-electron chi connectivity index (χ2n) is 6.89. The maximum absolute atomic E-state index is 12.2. The molecule has 0 unspecified atom stereocenters. The first-order valence-corrected chi connectivity index (χ1v) is 10.4. The molecular formula is C16H31N3O4S. The third kappa shape index (κ3) is 5.40. The van der Waals surface area contributed by atoms with Crippen LogP contribution in [-0.2, 0) is 19.7 Å². The van der Waals surface area contributed by atoms with Gasteiger partial charge in [0.25, 0.3) is 10.2 Å². The van der Waals surface area contributed by atoms with Crippen LogP contribution in [0.2, 0.25) is 0 Å². The summed E-state index contributed by atoms with van der Waals surface area (Å²) in [6, 6.07) is 0. The maximum atomic E-state index is 12.2. The van der Waals surface area contributed by atoms with Gasteiger partial charge in [-0.25, -0.2) is 0 Å². The van der Waals surface area contributed by atoms with E-state index in [1.165, 1.54) is 48.4 Å². The van der Waals surface area contributed by atoms with Crippen LogP contribution in [-0.4, -0.2) is 69.4 Å². The summed E-state index contributed by atoms with van der Waals surface area (Å²) in [7, 11) is -0.304. The van der Waals surface area contributed by atoms with Crippen molar-refractivity contribution in [3.63, 3.8) is 0 Å². The Bertz CT molecular complexity index is 495. The first-order valence-electron chi connectivity index (χ1n) is 8.98. The van der Waals surface area contributed by atoms with Crippen LogP contribution in [0.4, 0.5) is 0 Å². The van der Waals surface area contributed by atoms with E-state index in [0.29, 0.717) is 45.2 Å². The molecule has 7 nitrogen and oxygen atoms in total. The van der Waals surface area contributed by atoms with Gasteiger partial charge >= 0.3 is 0 Å². The molecule has 0 atom stereocenters. The van der Waals surface area contributed by atoms with Gasteiger partial charge in [0.2, 0.25) is 5.91 Å². The standard InChI is InChI=1S/C16H31N3O4S/c1-18(2)24(21,22)19-11-8-14(9-12-19)16(20)17-10-5-13-23-15-6-3-4-7-15/h14-15H,3-13H2,1-2H3,(H,17,20). The first-order chi connectivity index (χ1) is 11.4. The molecule has 2 aliphatic rings. The minimum absolute atomic E-state index is 0.0396. The van der Waals surface area contributed by atoms with Gasteiger partial charge in [-0.3, -0.25) is 4.79 Å². The van der Waals surface area contributed by atoms with Gasteiger partial charge in [0.15, 0.2) is 0 Å². The average molecular weight is 362 g/mol. The Labute approximate surface area is 145 Å². The minimum atomic E-state index is -3.36. The van der Waals surface area contributed by atoms with Crippen molar-refractivity contribution in [3.05, 3.63) is 0 Å². The van der Waals surface area contributed by atoms with Crippen LogP contribution in [0.1, 0.15) is 44.9 Å². The van der Waals surface area contributed by atoms with E-state index in [2.05, 4.69) is 5.32 Å². The highest BCUT2D eigenvalue weighted by Gasteiger charge is 2.32. The monoisotopic (exact) mass is 361 g/mol. The van der Waals surface area contributed by atoms with Crippen molar-refractivity contribution in [2.24, 2.45) is 5.92 Å². The number of carbonyl (C=O) groups excluding carboxylic acids is 1. The molecule has 1 saturated carbocycles. The largest absolute Gasteiger partial charge is 0.378 e. The molecule has 0 aromatic heterocycles. The summed E-state index contributed by atoms with van der Waals surface area (Å²) in [5.74, 6) is -0.0490. The van der Waals surface area contributed by atoms with E-state index in [4.69, 9.17) is 4.74 Å². The lowest BCUT2D eigenvalue weighted by atomic mass is 9.97. The Morgan fingerprint density at radius 2 is 1.79 bits per heavy atom. The molecule has 0 radical (unpaired) electrons. The molecule has 1 saturated heterocycles. The van der Waals surface area contributed by atoms with Gasteiger partial charge in [0, 0.05) is 46.3 Å². The molecule has 0 bridgehead atoms. The van der Waals surface area contributed by atoms with Crippen molar-refractivity contribution in [3.8, 4) is 0 Å². The normalized spacial score (nSPS) is 21.5. The van der Waals surface area contributed by atoms with Crippen molar-refractivity contribution in [1.29, 1.82) is 0 Å². The van der Waals surface area contributed by atoms with E-state index >= 15 is 0 Å². The Morgan fingerprint density at radius 3 is 2.38 bits per heavy atom. The molecule has 1 aliphatic carbocycles. The molecule has 0 spiro atoms. The fourth-order valence-electron chi connectivity index (χ4n) is 3.31. The minimum Gasteiger partial charge on any atom is -0.378 e. The highest BCUT2D eigenvalue weighted by Crippen LogP contribution is 2.21. The van der Waals surface area contributed by atoms with E-state index in [1.807, 2.05) is 0 Å². The van der Waals surface area contributed by atoms with E-state index in [0.717, 1.165) is 6.42 Å². The van der Waals surface area contributed by atoms with Gasteiger partial charge in [-0.15, -0.1) is 0 Å². The zero-order valence-corrected chi connectivity index (χ0v) is 15.7. The molecular weight excluding hydrogens is 330 g/mol. The van der Waals surface area contributed by atoms with Crippen LogP contribution in [0.5, 0.6) is 0 Å². The van der Waals surface area contributed by atoms with Crippen molar-refractivity contribution in [2.45, 2.75) is 51.0 Å². The third-order valence-electron chi connectivity index (χ3n) is 4.89. The van der Waals surface area contributed by atoms with Gasteiger partial charge in [-0.05, 0) is 32.1 Å². The summed E-state index contributed by atoms with van der Waals surface area (Å²) in [4.78, 5) is 12.2. The van der Waals surface area contributed by atoms with E-state index in [9.17, 15) is 13.2 Å². The van der Waals surface area contributed by atoms with Crippen molar-refractivity contribution >= 4 is 16.1 Å². The topological polar surface area (TPSA) is 79.0 Å². The van der Waals surface area contributed by atoms with Crippen LogP contribution in [0.15, 0.2) is 0 Å². The Kier molecular flexibility index (Phi) is 7.46. The lowest BCUT2D eigenvalue weighted by molar-refractivity contribution is -0.126. The number of rotatable bonds is 8. The number of hydrogen-bond acceptors (Lipinski definition) is 4. The highest BCUT2D eigenvalue weighted by molar-refractivity contribution is 7.86. The van der Waals surface area contributed by atoms with Crippen LogP contribution in [0.25, 0.3) is 0 Å². The summed E-state index contributed by atoms with van der Waals surface area (Å²) in [6.07, 6.45) is 7.28. The maximum Gasteiger partial charge on any atom is 0.281 e. The third-order valence-corrected chi connectivity index (χ3v) is 6.83. The zero-order chi connectivity index (χ0) is 17.6. The molecule has 0 aromatic rings. The highest BCUT2D eigenvalue weighted by atomic mass is 32.2. The van der Waals surface area contributed by atoms with Crippen molar-refractivity contribution in [2.75, 3.05) is 40.3 Å². The van der Waals surface area contributed by atoms with E-state index < -0.39 is 10.2 Å². The number of ether oxygens (including phenoxy) is 1. The van der Waals surface area contributed by atoms with E-state index in [-0.39, 0.29) is 11.8 Å². The number of amides is 1. The average Bonchev–Trinajstić information content (AvgIpc) is 3.07. The fourth-order valence-corrected chi connectivity index (χ4v) is 4.45. The SMILES string of the molecule is CN(C)S(=O)(=O)N1CCC(C(=O)NCCCOC2CCCC2)CC1. The molecule has 1 amide bonds. The van der Waals surface area contributed by atoms with Crippen LogP contribution < -0.4 is 5.32 Å². The smallest absolute Gasteiger partial charge is 0.281 e. The zero-order valence-electron chi connectivity index (χ0n) is 14.9. The molecule has 140 valence electrons. The van der Waals surface area contributed by atoms with Crippen molar-refractivity contribution < 1.29 is 17.9 Å². The van der Waals surface area contributed by atoms with Crippen LogP contribution in [0, 0.1) is 5.92 Å². The summed E-state index contributed by atoms with van der Waals surface area (Å²) in [6.45, 7) is 2.14. The second kappa shape index (κ2) is 9.12. The summed E-state index contributed by atoms with van der Waals surface area (Å²) < 4.78 is 32.5. The predicted octanol–water partition coefficient (Wildman–Crippen LogP) is 0.970. The molecule has 2 rings (SSSR count). The van der Waals surface area contributed by atoms with Gasteiger partial charge < -0.3 is 10.1 Å². The number of nitrogens with zero attached hydrogens (tertiary/aromatic N) is 2. The summed E-state index contributed by atoms with van der Waals surface area (Å²) >= 11 is 0. The first kappa shape index (κ1) is 19.6. The fraction of sp³-hybridized carbons (Fsp3) is 0.938. The molecule has 24 heavy (non-hydrogen) atoms. The lowest BCUT2D eigenvalue weighted by Gasteiger charge is -2.32. The van der Waals surface area contributed by atoms with Crippen molar-refractivity contribution in [1.82, 2.24) is 13.9 Å². The Hall–Kier alpha value is -0.700. The summed E-state index contributed by atoms with van der Waals surface area (Å²) in [5, 5.41) is 2.96. The van der Waals surface area contributed by atoms with Gasteiger partial charge in [-0.1, -0.05) is 12.8 Å². The lowest BCUT2D eigenvalue weighted by Crippen LogP contribution is -2.46. The van der Waals surface area contributed by atoms with Gasteiger partial charge in [0.05, 0.1) is 6.10 Å². The number of hydrogen-bond donors (Lipinski definition) is 1. The molecule has 8 heteroatoms. The van der Waals surface area contributed by atoms with Crippen LogP contribution in [0.3, 0.4) is 0 Å². The second-order valence-corrected chi connectivity index (χ2v) is 9.03. The number of carbonyl (C=O) groups is 1. The van der Waals surface area contributed by atoms with Crippen LogP contribution >= 0.6 is 0 Å². The molecule has 1 N–H and O–H groups in total. The number of nitrogens with one attached hydrogen (secondary N) is 1. The molecule has 0 aromatic carbocycles. The Balaban J connectivity index is 1.60.